The summed E-state index contributed by atoms with van der Waals surface area (Å²) < 4.78 is 0. The van der Waals surface area contributed by atoms with Gasteiger partial charge < -0.3 is 9.80 Å². The second kappa shape index (κ2) is 9.07. The van der Waals surface area contributed by atoms with Crippen molar-refractivity contribution in [3.63, 3.8) is 0 Å². The van der Waals surface area contributed by atoms with Crippen molar-refractivity contribution in [2.24, 2.45) is 5.92 Å². The molecule has 0 atom stereocenters. The van der Waals surface area contributed by atoms with E-state index in [1.165, 1.54) is 0 Å². The number of hydrogen-bond donors (Lipinski definition) is 0. The summed E-state index contributed by atoms with van der Waals surface area (Å²) in [7, 11) is 0. The Morgan fingerprint density at radius 1 is 1.17 bits per heavy atom. The Morgan fingerprint density at radius 3 is 2.33 bits per heavy atom. The van der Waals surface area contributed by atoms with Gasteiger partial charge in [-0.25, -0.2) is 0 Å². The fourth-order valence-corrected chi connectivity index (χ4v) is 3.45. The Hall–Kier alpha value is -1.55. The maximum atomic E-state index is 12.7. The summed E-state index contributed by atoms with van der Waals surface area (Å²) in [6.45, 7) is 7.12. The van der Waals surface area contributed by atoms with Crippen LogP contribution in [0.15, 0.2) is 24.3 Å². The molecule has 1 fully saturated rings. The van der Waals surface area contributed by atoms with E-state index < -0.39 is 0 Å². The van der Waals surface area contributed by atoms with Crippen molar-refractivity contribution in [2.75, 3.05) is 26.2 Å². The molecular formula is C19H27ClN2O2. The highest BCUT2D eigenvalue weighted by Gasteiger charge is 2.30. The van der Waals surface area contributed by atoms with Crippen molar-refractivity contribution in [2.45, 2.75) is 39.5 Å². The quantitative estimate of drug-likeness (QED) is 0.782. The predicted octanol–water partition coefficient (Wildman–Crippen LogP) is 3.84. The number of halogens is 1. The molecule has 2 rings (SSSR count). The van der Waals surface area contributed by atoms with Crippen LogP contribution < -0.4 is 0 Å². The molecule has 0 aromatic heterocycles. The van der Waals surface area contributed by atoms with E-state index in [1.54, 1.807) is 24.3 Å². The van der Waals surface area contributed by atoms with Crippen molar-refractivity contribution in [1.29, 1.82) is 0 Å². The molecule has 0 bridgehead atoms. The fourth-order valence-electron chi connectivity index (χ4n) is 3.26. The average Bonchev–Trinajstić information content (AvgIpc) is 2.60. The van der Waals surface area contributed by atoms with Gasteiger partial charge in [-0.15, -0.1) is 0 Å². The lowest BCUT2D eigenvalue weighted by Gasteiger charge is -2.34. The molecule has 0 aliphatic carbocycles. The van der Waals surface area contributed by atoms with Gasteiger partial charge in [0, 0.05) is 42.7 Å². The standard InChI is InChI=1S/C19H27ClN2O2/c1-3-10-21(11-4-2)18(23)15-8-12-22(13-9-15)19(24)16-6-5-7-17(20)14-16/h5-7,14-15H,3-4,8-13H2,1-2H3. The zero-order valence-electron chi connectivity index (χ0n) is 14.6. The van der Waals surface area contributed by atoms with Crippen LogP contribution in [-0.4, -0.2) is 47.8 Å². The third kappa shape index (κ3) is 4.73. The highest BCUT2D eigenvalue weighted by atomic mass is 35.5. The summed E-state index contributed by atoms with van der Waals surface area (Å²) in [6.07, 6.45) is 3.46. The van der Waals surface area contributed by atoms with Crippen LogP contribution in [-0.2, 0) is 4.79 Å². The number of likely N-dealkylation sites (tertiary alicyclic amines) is 1. The van der Waals surface area contributed by atoms with Gasteiger partial charge in [-0.05, 0) is 43.9 Å². The van der Waals surface area contributed by atoms with Gasteiger partial charge in [0.25, 0.3) is 5.91 Å². The molecule has 1 aromatic rings. The van der Waals surface area contributed by atoms with Gasteiger partial charge in [-0.3, -0.25) is 9.59 Å². The van der Waals surface area contributed by atoms with E-state index in [9.17, 15) is 9.59 Å². The molecule has 1 aromatic carbocycles. The molecule has 2 amide bonds. The monoisotopic (exact) mass is 350 g/mol. The molecule has 1 aliphatic heterocycles. The lowest BCUT2D eigenvalue weighted by molar-refractivity contribution is -0.137. The SMILES string of the molecule is CCCN(CCC)C(=O)C1CCN(C(=O)c2cccc(Cl)c2)CC1. The Kier molecular flexibility index (Phi) is 7.10. The van der Waals surface area contributed by atoms with E-state index in [0.717, 1.165) is 38.8 Å². The van der Waals surface area contributed by atoms with Gasteiger partial charge in [0.05, 0.1) is 0 Å². The number of carbonyl (C=O) groups is 2. The van der Waals surface area contributed by atoms with Crippen molar-refractivity contribution in [3.8, 4) is 0 Å². The molecule has 1 aliphatic rings. The molecule has 24 heavy (non-hydrogen) atoms. The second-order valence-electron chi connectivity index (χ2n) is 6.40. The molecule has 1 heterocycles. The molecule has 4 nitrogen and oxygen atoms in total. The minimum atomic E-state index is 0.00220. The predicted molar refractivity (Wildman–Crippen MR) is 97.2 cm³/mol. The Labute approximate surface area is 149 Å². The van der Waals surface area contributed by atoms with Crippen molar-refractivity contribution < 1.29 is 9.59 Å². The maximum absolute atomic E-state index is 12.7. The summed E-state index contributed by atoms with van der Waals surface area (Å²) in [5.41, 5.74) is 0.617. The first-order chi connectivity index (χ1) is 11.6. The zero-order chi connectivity index (χ0) is 17.5. The third-order valence-corrected chi connectivity index (χ3v) is 4.74. The number of nitrogens with zero attached hydrogens (tertiary/aromatic N) is 2. The topological polar surface area (TPSA) is 40.6 Å². The van der Waals surface area contributed by atoms with Gasteiger partial charge in [0.1, 0.15) is 0 Å². The highest BCUT2D eigenvalue weighted by molar-refractivity contribution is 6.30. The molecule has 0 unspecified atom stereocenters. The minimum Gasteiger partial charge on any atom is -0.342 e. The molecule has 0 spiro atoms. The first-order valence-corrected chi connectivity index (χ1v) is 9.28. The van der Waals surface area contributed by atoms with Crippen molar-refractivity contribution in [3.05, 3.63) is 34.9 Å². The minimum absolute atomic E-state index is 0.00220. The van der Waals surface area contributed by atoms with Crippen LogP contribution in [0.3, 0.4) is 0 Å². The number of carbonyl (C=O) groups excluding carboxylic acids is 2. The number of amides is 2. The highest BCUT2D eigenvalue weighted by Crippen LogP contribution is 2.22. The Balaban J connectivity index is 1.93. The first-order valence-electron chi connectivity index (χ1n) is 8.90. The summed E-state index contributed by atoms with van der Waals surface area (Å²) in [5, 5.41) is 0.570. The van der Waals surface area contributed by atoms with E-state index in [0.29, 0.717) is 23.7 Å². The van der Waals surface area contributed by atoms with E-state index in [2.05, 4.69) is 13.8 Å². The molecule has 0 N–H and O–H groups in total. The number of hydrogen-bond acceptors (Lipinski definition) is 2. The van der Waals surface area contributed by atoms with Gasteiger partial charge in [0.2, 0.25) is 5.91 Å². The normalized spacial score (nSPS) is 15.4. The van der Waals surface area contributed by atoms with Crippen LogP contribution in [0.2, 0.25) is 5.02 Å². The summed E-state index contributed by atoms with van der Waals surface area (Å²) in [5.74, 6) is 0.308. The fraction of sp³-hybridized carbons (Fsp3) is 0.579. The van der Waals surface area contributed by atoms with Crippen LogP contribution in [0.1, 0.15) is 49.9 Å². The number of benzene rings is 1. The lowest BCUT2D eigenvalue weighted by atomic mass is 9.94. The van der Waals surface area contributed by atoms with Gasteiger partial charge >= 0.3 is 0 Å². The van der Waals surface area contributed by atoms with Gasteiger partial charge in [-0.2, -0.15) is 0 Å². The van der Waals surface area contributed by atoms with Crippen molar-refractivity contribution in [1.82, 2.24) is 9.80 Å². The molecule has 0 saturated carbocycles. The molecule has 0 radical (unpaired) electrons. The van der Waals surface area contributed by atoms with Crippen LogP contribution in [0.5, 0.6) is 0 Å². The molecule has 5 heteroatoms. The van der Waals surface area contributed by atoms with Crippen LogP contribution in [0, 0.1) is 5.92 Å². The smallest absolute Gasteiger partial charge is 0.253 e. The average molecular weight is 351 g/mol. The number of rotatable bonds is 6. The number of piperidine rings is 1. The molecular weight excluding hydrogens is 324 g/mol. The summed E-state index contributed by atoms with van der Waals surface area (Å²) in [4.78, 5) is 29.0. The van der Waals surface area contributed by atoms with Crippen LogP contribution >= 0.6 is 11.6 Å². The molecule has 132 valence electrons. The van der Waals surface area contributed by atoms with Gasteiger partial charge in [0.15, 0.2) is 0 Å². The van der Waals surface area contributed by atoms with E-state index >= 15 is 0 Å². The lowest BCUT2D eigenvalue weighted by Crippen LogP contribution is -2.44. The largest absolute Gasteiger partial charge is 0.342 e. The maximum Gasteiger partial charge on any atom is 0.253 e. The first kappa shape index (κ1) is 18.8. The molecule has 1 saturated heterocycles. The van der Waals surface area contributed by atoms with Crippen molar-refractivity contribution >= 4 is 23.4 Å². The van der Waals surface area contributed by atoms with E-state index in [4.69, 9.17) is 11.6 Å². The van der Waals surface area contributed by atoms with E-state index in [-0.39, 0.29) is 17.7 Å². The third-order valence-electron chi connectivity index (χ3n) is 4.50. The zero-order valence-corrected chi connectivity index (χ0v) is 15.4. The summed E-state index contributed by atoms with van der Waals surface area (Å²) in [6, 6.07) is 7.04. The Bertz CT molecular complexity index is 562. The Morgan fingerprint density at radius 2 is 1.79 bits per heavy atom. The van der Waals surface area contributed by atoms with Crippen LogP contribution in [0.25, 0.3) is 0 Å². The summed E-state index contributed by atoms with van der Waals surface area (Å²) >= 11 is 5.97. The van der Waals surface area contributed by atoms with E-state index in [1.807, 2.05) is 9.80 Å². The van der Waals surface area contributed by atoms with Gasteiger partial charge in [-0.1, -0.05) is 31.5 Å². The second-order valence-corrected chi connectivity index (χ2v) is 6.84. The van der Waals surface area contributed by atoms with Crippen LogP contribution in [0.4, 0.5) is 0 Å².